The highest BCUT2D eigenvalue weighted by Crippen LogP contribution is 2.21. The van der Waals surface area contributed by atoms with E-state index in [2.05, 4.69) is 0 Å². The first kappa shape index (κ1) is 14.3. The number of carbonyl (C=O) groups excluding carboxylic acids is 1. The summed E-state index contributed by atoms with van der Waals surface area (Å²) in [7, 11) is 1.63. The van der Waals surface area contributed by atoms with E-state index >= 15 is 0 Å². The number of rotatable bonds is 4. The predicted octanol–water partition coefficient (Wildman–Crippen LogP) is 3.67. The summed E-state index contributed by atoms with van der Waals surface area (Å²) in [5, 5.41) is 0. The van der Waals surface area contributed by atoms with Crippen molar-refractivity contribution in [1.82, 2.24) is 0 Å². The number of ether oxygens (including phenoxy) is 2. The molecule has 0 aliphatic heterocycles. The number of esters is 1. The summed E-state index contributed by atoms with van der Waals surface area (Å²) >= 11 is 0. The lowest BCUT2D eigenvalue weighted by molar-refractivity contribution is 0.0733. The molecule has 0 bridgehead atoms. The van der Waals surface area contributed by atoms with Gasteiger partial charge in [0.05, 0.1) is 12.2 Å². The van der Waals surface area contributed by atoms with Crippen LogP contribution in [0.15, 0.2) is 42.5 Å². The molecular weight excluding hydrogens is 252 g/mol. The number of carbonyl (C=O) groups is 1. The molecule has 3 nitrogen and oxygen atoms in total. The van der Waals surface area contributed by atoms with Crippen molar-refractivity contribution in [2.45, 2.75) is 20.5 Å². The van der Waals surface area contributed by atoms with Crippen molar-refractivity contribution in [3.05, 3.63) is 64.7 Å². The number of benzene rings is 2. The molecule has 0 saturated heterocycles. The van der Waals surface area contributed by atoms with E-state index in [-0.39, 0.29) is 5.97 Å². The van der Waals surface area contributed by atoms with Crippen LogP contribution in [0.4, 0.5) is 0 Å². The highest BCUT2D eigenvalue weighted by molar-refractivity contribution is 5.91. The normalized spacial score (nSPS) is 10.3. The zero-order valence-electron chi connectivity index (χ0n) is 12.0. The third-order valence-electron chi connectivity index (χ3n) is 3.23. The Morgan fingerprint density at radius 3 is 2.60 bits per heavy atom. The first-order valence-corrected chi connectivity index (χ1v) is 6.48. The summed E-state index contributed by atoms with van der Waals surface area (Å²) in [5.74, 6) is 0.254. The van der Waals surface area contributed by atoms with Crippen LogP contribution in [0.2, 0.25) is 0 Å². The summed E-state index contributed by atoms with van der Waals surface area (Å²) < 4.78 is 10.5. The van der Waals surface area contributed by atoms with Crippen molar-refractivity contribution in [3.8, 4) is 5.75 Å². The summed E-state index contributed by atoms with van der Waals surface area (Å²) in [6.45, 7) is 4.41. The van der Waals surface area contributed by atoms with E-state index in [1.54, 1.807) is 25.3 Å². The Hall–Kier alpha value is -2.13. The van der Waals surface area contributed by atoms with Crippen LogP contribution in [-0.4, -0.2) is 13.1 Å². The maximum Gasteiger partial charge on any atom is 0.343 e. The predicted molar refractivity (Wildman–Crippen MR) is 78.0 cm³/mol. The van der Waals surface area contributed by atoms with E-state index in [0.717, 1.165) is 16.7 Å². The number of aryl methyl sites for hydroxylation is 1. The topological polar surface area (TPSA) is 35.5 Å². The van der Waals surface area contributed by atoms with Gasteiger partial charge in [-0.15, -0.1) is 0 Å². The highest BCUT2D eigenvalue weighted by atomic mass is 16.5. The molecule has 0 aromatic heterocycles. The average Bonchev–Trinajstić information content (AvgIpc) is 2.44. The largest absolute Gasteiger partial charge is 0.423 e. The van der Waals surface area contributed by atoms with Crippen LogP contribution in [0.3, 0.4) is 0 Å². The van der Waals surface area contributed by atoms with Gasteiger partial charge in [-0.2, -0.15) is 0 Å². The molecule has 0 amide bonds. The van der Waals surface area contributed by atoms with E-state index in [1.807, 2.05) is 38.1 Å². The minimum atomic E-state index is -0.350. The van der Waals surface area contributed by atoms with Crippen LogP contribution < -0.4 is 4.74 Å². The molecule has 3 heteroatoms. The van der Waals surface area contributed by atoms with Crippen LogP contribution in [0.25, 0.3) is 0 Å². The fourth-order valence-electron chi connectivity index (χ4n) is 1.95. The molecule has 0 atom stereocenters. The van der Waals surface area contributed by atoms with Crippen molar-refractivity contribution in [2.24, 2.45) is 0 Å². The Morgan fingerprint density at radius 2 is 1.85 bits per heavy atom. The Labute approximate surface area is 119 Å². The molecule has 2 aromatic rings. The van der Waals surface area contributed by atoms with Gasteiger partial charge in [-0.1, -0.05) is 24.3 Å². The van der Waals surface area contributed by atoms with Gasteiger partial charge in [-0.3, -0.25) is 0 Å². The van der Waals surface area contributed by atoms with Gasteiger partial charge in [0.15, 0.2) is 0 Å². The number of methoxy groups -OCH3 is 1. The first-order chi connectivity index (χ1) is 9.61. The smallest absolute Gasteiger partial charge is 0.343 e. The van der Waals surface area contributed by atoms with Gasteiger partial charge in [-0.05, 0) is 48.7 Å². The molecule has 0 spiro atoms. The van der Waals surface area contributed by atoms with E-state index < -0.39 is 0 Å². The van der Waals surface area contributed by atoms with Gasteiger partial charge in [0, 0.05) is 7.11 Å². The minimum Gasteiger partial charge on any atom is -0.423 e. The molecule has 0 aliphatic rings. The molecule has 20 heavy (non-hydrogen) atoms. The second-order valence-corrected chi connectivity index (χ2v) is 4.72. The molecule has 0 saturated carbocycles. The number of hydrogen-bond donors (Lipinski definition) is 0. The van der Waals surface area contributed by atoms with Gasteiger partial charge in [0.25, 0.3) is 0 Å². The maximum atomic E-state index is 12.2. The van der Waals surface area contributed by atoms with Crippen LogP contribution in [0, 0.1) is 13.8 Å². The average molecular weight is 270 g/mol. The van der Waals surface area contributed by atoms with Gasteiger partial charge in [0.1, 0.15) is 5.75 Å². The molecule has 2 aromatic carbocycles. The van der Waals surface area contributed by atoms with Crippen LogP contribution >= 0.6 is 0 Å². The lowest BCUT2D eigenvalue weighted by Crippen LogP contribution is -2.10. The zero-order chi connectivity index (χ0) is 14.5. The van der Waals surface area contributed by atoms with Gasteiger partial charge in [0.2, 0.25) is 0 Å². The zero-order valence-corrected chi connectivity index (χ0v) is 12.0. The summed E-state index contributed by atoms with van der Waals surface area (Å²) in [4.78, 5) is 12.2. The van der Waals surface area contributed by atoms with Gasteiger partial charge < -0.3 is 9.47 Å². The van der Waals surface area contributed by atoms with E-state index in [4.69, 9.17) is 9.47 Å². The Morgan fingerprint density at radius 1 is 1.10 bits per heavy atom. The molecule has 0 radical (unpaired) electrons. The standard InChI is InChI=1S/C17H18O3/c1-12-6-4-9-16(13(12)2)20-17(18)15-8-5-7-14(10-15)11-19-3/h4-10H,11H2,1-3H3. The minimum absolute atomic E-state index is 0.350. The fraction of sp³-hybridized carbons (Fsp3) is 0.235. The third kappa shape index (κ3) is 3.25. The van der Waals surface area contributed by atoms with Crippen molar-refractivity contribution in [2.75, 3.05) is 7.11 Å². The summed E-state index contributed by atoms with van der Waals surface area (Å²) in [6.07, 6.45) is 0. The molecule has 0 unspecified atom stereocenters. The Balaban J connectivity index is 2.19. The van der Waals surface area contributed by atoms with Gasteiger partial charge in [-0.25, -0.2) is 4.79 Å². The third-order valence-corrected chi connectivity index (χ3v) is 3.23. The second-order valence-electron chi connectivity index (χ2n) is 4.72. The van der Waals surface area contributed by atoms with Crippen LogP contribution in [0.5, 0.6) is 5.75 Å². The van der Waals surface area contributed by atoms with Crippen molar-refractivity contribution < 1.29 is 14.3 Å². The molecule has 0 heterocycles. The highest BCUT2D eigenvalue weighted by Gasteiger charge is 2.11. The Kier molecular flexibility index (Phi) is 4.53. The fourth-order valence-corrected chi connectivity index (χ4v) is 1.95. The molecule has 104 valence electrons. The van der Waals surface area contributed by atoms with Crippen LogP contribution in [-0.2, 0) is 11.3 Å². The quantitative estimate of drug-likeness (QED) is 0.628. The van der Waals surface area contributed by atoms with E-state index in [9.17, 15) is 4.79 Å². The number of hydrogen-bond acceptors (Lipinski definition) is 3. The van der Waals surface area contributed by atoms with Crippen LogP contribution in [0.1, 0.15) is 27.0 Å². The van der Waals surface area contributed by atoms with E-state index in [0.29, 0.717) is 17.9 Å². The maximum absolute atomic E-state index is 12.2. The van der Waals surface area contributed by atoms with Gasteiger partial charge >= 0.3 is 5.97 Å². The lowest BCUT2D eigenvalue weighted by Gasteiger charge is -2.09. The Bertz CT molecular complexity index is 617. The van der Waals surface area contributed by atoms with Crippen molar-refractivity contribution in [1.29, 1.82) is 0 Å². The molecular formula is C17H18O3. The molecule has 0 fully saturated rings. The van der Waals surface area contributed by atoms with E-state index in [1.165, 1.54) is 0 Å². The van der Waals surface area contributed by atoms with Crippen molar-refractivity contribution in [3.63, 3.8) is 0 Å². The lowest BCUT2D eigenvalue weighted by atomic mass is 10.1. The summed E-state index contributed by atoms with van der Waals surface area (Å²) in [6, 6.07) is 13.0. The monoisotopic (exact) mass is 270 g/mol. The second kappa shape index (κ2) is 6.35. The first-order valence-electron chi connectivity index (χ1n) is 6.48. The molecule has 0 aliphatic carbocycles. The SMILES string of the molecule is COCc1cccc(C(=O)Oc2cccc(C)c2C)c1. The molecule has 2 rings (SSSR count). The summed E-state index contributed by atoms with van der Waals surface area (Å²) in [5.41, 5.74) is 3.56. The molecule has 0 N–H and O–H groups in total. The van der Waals surface area contributed by atoms with Crippen molar-refractivity contribution >= 4 is 5.97 Å².